The molecule has 0 aromatic heterocycles. The van der Waals surface area contributed by atoms with E-state index >= 15 is 0 Å². The Labute approximate surface area is 309 Å². The molecule has 0 bridgehead atoms. The zero-order valence-electron chi connectivity index (χ0n) is 28.8. The van der Waals surface area contributed by atoms with Crippen molar-refractivity contribution in [3.63, 3.8) is 0 Å². The number of halogens is 3. The molecular weight excluding hydrogens is 772 g/mol. The van der Waals surface area contributed by atoms with Crippen LogP contribution in [0.25, 0.3) is 0 Å². The van der Waals surface area contributed by atoms with Gasteiger partial charge in [-0.05, 0) is 105 Å². The molecule has 0 saturated carbocycles. The minimum atomic E-state index is -3.98. The molecule has 2 aliphatic heterocycles. The Morgan fingerprint density at radius 1 is 0.917 bits per heavy atom. The summed E-state index contributed by atoms with van der Waals surface area (Å²) in [5, 5.41) is 0.833. The van der Waals surface area contributed by atoms with Gasteiger partial charge in [0.15, 0.2) is 5.71 Å². The fraction of sp³-hybridized carbons (Fsp3) is 0.462. The van der Waals surface area contributed by atoms with Crippen LogP contribution < -0.4 is 4.90 Å². The fourth-order valence-electron chi connectivity index (χ4n) is 7.42. The quantitative estimate of drug-likeness (QED) is 0.132. The van der Waals surface area contributed by atoms with Crippen LogP contribution in [0.2, 0.25) is 0 Å². The molecule has 3 aliphatic rings. The maximum absolute atomic E-state index is 11.3. The first-order valence-corrected chi connectivity index (χ1v) is 20.7. The highest BCUT2D eigenvalue weighted by molar-refractivity contribution is 9.10. The van der Waals surface area contributed by atoms with Crippen molar-refractivity contribution in [3.8, 4) is 0 Å². The van der Waals surface area contributed by atoms with Crippen molar-refractivity contribution in [2.75, 3.05) is 23.7 Å². The van der Waals surface area contributed by atoms with Crippen LogP contribution in [0.4, 0.5) is 11.4 Å². The minimum Gasteiger partial charge on any atom is -0.344 e. The number of benzene rings is 2. The van der Waals surface area contributed by atoms with Crippen LogP contribution in [-0.2, 0) is 20.9 Å². The zero-order valence-corrected chi connectivity index (χ0v) is 33.5. The fourth-order valence-corrected chi connectivity index (χ4v) is 9.02. The van der Waals surface area contributed by atoms with Crippen LogP contribution in [0.5, 0.6) is 0 Å². The summed E-state index contributed by atoms with van der Waals surface area (Å²) in [7, 11) is -3.98. The number of nitrogens with zero attached hydrogens (tertiary/aromatic N) is 2. The summed E-state index contributed by atoms with van der Waals surface area (Å²) in [5.41, 5.74) is 9.36. The number of allylic oxidation sites excluding steroid dienone is 8. The second kappa shape index (κ2) is 15.1. The Bertz CT molecular complexity index is 1840. The van der Waals surface area contributed by atoms with Crippen LogP contribution in [0.1, 0.15) is 97.1 Å². The van der Waals surface area contributed by atoms with Gasteiger partial charge in [-0.25, -0.2) is 0 Å². The summed E-state index contributed by atoms with van der Waals surface area (Å²) in [6.45, 7) is 13.0. The Balaban J connectivity index is 1.47. The van der Waals surface area contributed by atoms with E-state index < -0.39 is 10.1 Å². The third kappa shape index (κ3) is 7.99. The SMILES string of the molecule is CCCCC[N+]1=C(/C=C/C2=C(Cl)C(=C/C=C3/N(CCCCS(=O)(=O)O)c4ccc(Br)cc4C3(C)C)/CCC2)C(C)(C)c2cc(Br)ccc21. The van der Waals surface area contributed by atoms with Crippen molar-refractivity contribution < 1.29 is 17.5 Å². The average molecular weight is 820 g/mol. The third-order valence-electron chi connectivity index (χ3n) is 10.1. The number of fused-ring (bicyclic) bond motifs is 2. The Morgan fingerprint density at radius 2 is 1.62 bits per heavy atom. The van der Waals surface area contributed by atoms with Gasteiger partial charge in [0.05, 0.1) is 11.2 Å². The van der Waals surface area contributed by atoms with Gasteiger partial charge in [-0.1, -0.05) is 82.8 Å². The maximum Gasteiger partial charge on any atom is 0.264 e. The molecule has 1 aliphatic carbocycles. The predicted octanol–water partition coefficient (Wildman–Crippen LogP) is 11.3. The van der Waals surface area contributed by atoms with E-state index in [0.717, 1.165) is 63.2 Å². The van der Waals surface area contributed by atoms with Crippen LogP contribution in [-0.4, -0.2) is 42.1 Å². The van der Waals surface area contributed by atoms with Crippen molar-refractivity contribution in [1.82, 2.24) is 0 Å². The van der Waals surface area contributed by atoms with E-state index in [0.29, 0.717) is 19.4 Å². The topological polar surface area (TPSA) is 60.6 Å². The van der Waals surface area contributed by atoms with Gasteiger partial charge < -0.3 is 4.90 Å². The summed E-state index contributed by atoms with van der Waals surface area (Å²) in [4.78, 5) is 2.30. The number of hydrogen-bond acceptors (Lipinski definition) is 3. The van der Waals surface area contributed by atoms with E-state index in [1.54, 1.807) is 0 Å². The minimum absolute atomic E-state index is 0.129. The molecule has 5 nitrogen and oxygen atoms in total. The number of anilines is 1. The molecule has 0 spiro atoms. The Kier molecular flexibility index (Phi) is 11.7. The van der Waals surface area contributed by atoms with Gasteiger partial charge in [-0.3, -0.25) is 4.55 Å². The summed E-state index contributed by atoms with van der Waals surface area (Å²) < 4.78 is 36.6. The lowest BCUT2D eigenvalue weighted by Gasteiger charge is -2.27. The van der Waals surface area contributed by atoms with Gasteiger partial charge in [0.1, 0.15) is 6.54 Å². The predicted molar refractivity (Wildman–Crippen MR) is 209 cm³/mol. The van der Waals surface area contributed by atoms with E-state index in [9.17, 15) is 13.0 Å². The Hall–Kier alpha value is -1.97. The van der Waals surface area contributed by atoms with Crippen LogP contribution in [0.15, 0.2) is 91.5 Å². The lowest BCUT2D eigenvalue weighted by molar-refractivity contribution is -0.438. The summed E-state index contributed by atoms with van der Waals surface area (Å²) in [5.74, 6) is -0.228. The highest BCUT2D eigenvalue weighted by atomic mass is 79.9. The first-order valence-electron chi connectivity index (χ1n) is 17.1. The molecule has 9 heteroatoms. The average Bonchev–Trinajstić information content (AvgIpc) is 3.35. The highest BCUT2D eigenvalue weighted by Crippen LogP contribution is 2.49. The number of unbranched alkanes of at least 4 members (excludes halogenated alkanes) is 3. The molecule has 48 heavy (non-hydrogen) atoms. The van der Waals surface area contributed by atoms with Gasteiger partial charge in [-0.2, -0.15) is 13.0 Å². The molecule has 0 fully saturated rings. The molecule has 0 amide bonds. The van der Waals surface area contributed by atoms with Crippen molar-refractivity contribution in [2.24, 2.45) is 0 Å². The molecule has 0 radical (unpaired) electrons. The van der Waals surface area contributed by atoms with Crippen molar-refractivity contribution in [1.29, 1.82) is 0 Å². The molecule has 2 aromatic carbocycles. The normalized spacial score (nSPS) is 20.5. The zero-order chi connectivity index (χ0) is 34.9. The number of rotatable bonds is 12. The molecule has 0 atom stereocenters. The molecule has 2 heterocycles. The van der Waals surface area contributed by atoms with Gasteiger partial charge in [-0.15, -0.1) is 0 Å². The highest BCUT2D eigenvalue weighted by Gasteiger charge is 2.44. The lowest BCUT2D eigenvalue weighted by atomic mass is 9.81. The molecule has 1 N–H and O–H groups in total. The lowest BCUT2D eigenvalue weighted by Crippen LogP contribution is -2.28. The molecule has 2 aromatic rings. The first-order chi connectivity index (χ1) is 22.6. The summed E-state index contributed by atoms with van der Waals surface area (Å²) >= 11 is 14.6. The van der Waals surface area contributed by atoms with Crippen molar-refractivity contribution in [3.05, 3.63) is 103 Å². The molecule has 258 valence electrons. The largest absolute Gasteiger partial charge is 0.344 e. The van der Waals surface area contributed by atoms with E-state index in [1.807, 2.05) is 6.07 Å². The van der Waals surface area contributed by atoms with Crippen molar-refractivity contribution >= 4 is 70.7 Å². The van der Waals surface area contributed by atoms with Crippen molar-refractivity contribution in [2.45, 2.75) is 96.8 Å². The van der Waals surface area contributed by atoms with Gasteiger partial charge in [0.25, 0.3) is 10.1 Å². The third-order valence-corrected chi connectivity index (χ3v) is 12.3. The van der Waals surface area contributed by atoms with E-state index in [1.165, 1.54) is 40.9 Å². The van der Waals surface area contributed by atoms with Crippen LogP contribution >= 0.6 is 43.5 Å². The van der Waals surface area contributed by atoms with E-state index in [2.05, 4.69) is 131 Å². The molecule has 0 saturated heterocycles. The van der Waals surface area contributed by atoms with Gasteiger partial charge in [0.2, 0.25) is 5.69 Å². The first kappa shape index (κ1) is 37.3. The standard InChI is InChI=1S/C39H47Br2ClN2O3S/c1-6-7-8-22-43-33-18-16-29(40)25-31(33)38(2,3)35(43)20-14-27-12-11-13-28(37(27)42)15-21-36-39(4,5)32-26-30(41)17-19-34(32)44(36)23-9-10-24-48(45,46)47/h14-21,25-26H,6-13,22-24H2,1-5H3/p+1. The molecular formula is C39H48Br2ClN2O3S+. The van der Waals surface area contributed by atoms with E-state index in [4.69, 9.17) is 11.6 Å². The maximum atomic E-state index is 11.3. The monoisotopic (exact) mass is 817 g/mol. The smallest absolute Gasteiger partial charge is 0.264 e. The Morgan fingerprint density at radius 3 is 2.33 bits per heavy atom. The van der Waals surface area contributed by atoms with Crippen LogP contribution in [0.3, 0.4) is 0 Å². The van der Waals surface area contributed by atoms with E-state index in [-0.39, 0.29) is 16.6 Å². The van der Waals surface area contributed by atoms with Gasteiger partial charge in [0, 0.05) is 61.4 Å². The second-order valence-corrected chi connectivity index (χ2v) is 18.0. The summed E-state index contributed by atoms with van der Waals surface area (Å²) in [6, 6.07) is 13.0. The molecule has 5 rings (SSSR count). The number of hydrogen-bond donors (Lipinski definition) is 1. The molecule has 0 unspecified atom stereocenters. The van der Waals surface area contributed by atoms with Gasteiger partial charge >= 0.3 is 0 Å². The second-order valence-electron chi connectivity index (χ2n) is 14.2. The van der Waals surface area contributed by atoms with Crippen LogP contribution in [0, 0.1) is 0 Å². The summed E-state index contributed by atoms with van der Waals surface area (Å²) in [6.07, 6.45) is 16.4.